The molecule has 0 aliphatic carbocycles. The molecule has 118 valence electrons. The number of aromatic nitrogens is 1. The Bertz CT molecular complexity index is 807. The van der Waals surface area contributed by atoms with Crippen LogP contribution in [0.5, 0.6) is 11.5 Å². The highest BCUT2D eigenvalue weighted by Crippen LogP contribution is 2.27. The molecular formula is C19H19NO3. The molecule has 0 aliphatic heterocycles. The minimum Gasteiger partial charge on any atom is -0.490 e. The van der Waals surface area contributed by atoms with Crippen LogP contribution in [0.1, 0.15) is 18.9 Å². The second kappa shape index (κ2) is 7.01. The number of rotatable bonds is 6. The third-order valence-corrected chi connectivity index (χ3v) is 3.65. The Kier molecular flexibility index (Phi) is 4.62. The summed E-state index contributed by atoms with van der Waals surface area (Å²) in [5.74, 6) is 0.802. The van der Waals surface area contributed by atoms with Gasteiger partial charge >= 0.3 is 5.97 Å². The quantitative estimate of drug-likeness (QED) is 0.551. The van der Waals surface area contributed by atoms with Crippen LogP contribution in [0.15, 0.2) is 54.7 Å². The molecule has 0 unspecified atom stereocenters. The van der Waals surface area contributed by atoms with Crippen LogP contribution < -0.4 is 9.47 Å². The number of hydrogen-bond donors (Lipinski definition) is 1. The molecule has 0 amide bonds. The molecule has 3 aromatic rings. The van der Waals surface area contributed by atoms with Gasteiger partial charge in [0.15, 0.2) is 11.5 Å². The molecule has 0 spiro atoms. The first-order chi connectivity index (χ1) is 11.3. The Morgan fingerprint density at radius 3 is 2.61 bits per heavy atom. The van der Waals surface area contributed by atoms with Crippen LogP contribution in [0.4, 0.5) is 0 Å². The Labute approximate surface area is 135 Å². The van der Waals surface area contributed by atoms with Crippen LogP contribution >= 0.6 is 0 Å². The summed E-state index contributed by atoms with van der Waals surface area (Å²) in [5, 5.41) is 1.15. The number of carbonyl (C=O) groups is 1. The predicted octanol–water partition coefficient (Wildman–Crippen LogP) is 4.10. The van der Waals surface area contributed by atoms with Gasteiger partial charge in [-0.1, -0.05) is 30.3 Å². The maximum atomic E-state index is 12.1. The summed E-state index contributed by atoms with van der Waals surface area (Å²) >= 11 is 0. The number of ether oxygens (including phenoxy) is 2. The van der Waals surface area contributed by atoms with Crippen molar-refractivity contribution in [2.45, 2.75) is 19.8 Å². The van der Waals surface area contributed by atoms with E-state index in [0.29, 0.717) is 30.9 Å². The van der Waals surface area contributed by atoms with E-state index in [1.54, 1.807) is 12.1 Å². The average Bonchev–Trinajstić information content (AvgIpc) is 2.98. The summed E-state index contributed by atoms with van der Waals surface area (Å²) in [7, 11) is 0. The minimum absolute atomic E-state index is 0.262. The van der Waals surface area contributed by atoms with Gasteiger partial charge in [-0.05, 0) is 37.1 Å². The van der Waals surface area contributed by atoms with Gasteiger partial charge in [-0.2, -0.15) is 0 Å². The topological polar surface area (TPSA) is 51.3 Å². The van der Waals surface area contributed by atoms with Crippen LogP contribution in [0.3, 0.4) is 0 Å². The number of esters is 1. The van der Waals surface area contributed by atoms with Gasteiger partial charge in [0.1, 0.15) is 0 Å². The van der Waals surface area contributed by atoms with E-state index in [0.717, 1.165) is 16.5 Å². The zero-order valence-electron chi connectivity index (χ0n) is 13.0. The molecule has 0 saturated heterocycles. The summed E-state index contributed by atoms with van der Waals surface area (Å²) < 4.78 is 10.9. The number of H-pyrrole nitrogens is 1. The van der Waals surface area contributed by atoms with Gasteiger partial charge in [0.2, 0.25) is 0 Å². The highest BCUT2D eigenvalue weighted by atomic mass is 16.6. The SMILES string of the molecule is CCOc1ccccc1OC(=O)CCc1c[nH]c2ccccc12. The number of aromatic amines is 1. The first-order valence-corrected chi connectivity index (χ1v) is 7.75. The molecule has 4 heteroatoms. The molecule has 0 saturated carbocycles. The Hall–Kier alpha value is -2.75. The van der Waals surface area contributed by atoms with Gasteiger partial charge in [-0.25, -0.2) is 0 Å². The number of para-hydroxylation sites is 3. The summed E-state index contributed by atoms with van der Waals surface area (Å²) in [4.78, 5) is 15.3. The molecule has 0 fully saturated rings. The van der Waals surface area contributed by atoms with Crippen molar-refractivity contribution in [2.24, 2.45) is 0 Å². The monoisotopic (exact) mass is 309 g/mol. The van der Waals surface area contributed by atoms with Crippen molar-refractivity contribution in [1.82, 2.24) is 4.98 Å². The molecule has 1 aromatic heterocycles. The van der Waals surface area contributed by atoms with Crippen molar-refractivity contribution in [1.29, 1.82) is 0 Å². The van der Waals surface area contributed by atoms with E-state index in [2.05, 4.69) is 11.1 Å². The molecule has 0 radical (unpaired) electrons. The van der Waals surface area contributed by atoms with Gasteiger partial charge in [0.25, 0.3) is 0 Å². The van der Waals surface area contributed by atoms with Crippen molar-refractivity contribution >= 4 is 16.9 Å². The number of carbonyl (C=O) groups excluding carboxylic acids is 1. The fourth-order valence-corrected chi connectivity index (χ4v) is 2.56. The highest BCUT2D eigenvalue weighted by molar-refractivity contribution is 5.83. The second-order valence-electron chi connectivity index (χ2n) is 5.21. The molecule has 2 aromatic carbocycles. The molecule has 1 heterocycles. The van der Waals surface area contributed by atoms with E-state index < -0.39 is 0 Å². The fourth-order valence-electron chi connectivity index (χ4n) is 2.56. The van der Waals surface area contributed by atoms with Gasteiger partial charge < -0.3 is 14.5 Å². The first-order valence-electron chi connectivity index (χ1n) is 7.75. The zero-order valence-corrected chi connectivity index (χ0v) is 13.0. The Balaban J connectivity index is 1.64. The Morgan fingerprint density at radius 1 is 1.04 bits per heavy atom. The van der Waals surface area contributed by atoms with E-state index in [1.165, 1.54) is 0 Å². The van der Waals surface area contributed by atoms with Crippen molar-refractivity contribution in [3.63, 3.8) is 0 Å². The number of hydrogen-bond acceptors (Lipinski definition) is 3. The van der Waals surface area contributed by atoms with Gasteiger partial charge in [-0.3, -0.25) is 4.79 Å². The van der Waals surface area contributed by atoms with Crippen LogP contribution in [-0.4, -0.2) is 17.6 Å². The largest absolute Gasteiger partial charge is 0.490 e. The lowest BCUT2D eigenvalue weighted by atomic mass is 10.1. The number of benzene rings is 2. The number of fused-ring (bicyclic) bond motifs is 1. The molecule has 4 nitrogen and oxygen atoms in total. The summed E-state index contributed by atoms with van der Waals surface area (Å²) in [6.07, 6.45) is 2.91. The van der Waals surface area contributed by atoms with Gasteiger partial charge in [0, 0.05) is 17.1 Å². The zero-order chi connectivity index (χ0) is 16.1. The summed E-state index contributed by atoms with van der Waals surface area (Å²) in [5.41, 5.74) is 2.20. The van der Waals surface area contributed by atoms with E-state index in [1.807, 2.05) is 43.5 Å². The first kappa shape index (κ1) is 15.2. The van der Waals surface area contributed by atoms with Gasteiger partial charge in [-0.15, -0.1) is 0 Å². The predicted molar refractivity (Wildman–Crippen MR) is 89.9 cm³/mol. The maximum absolute atomic E-state index is 12.1. The molecule has 23 heavy (non-hydrogen) atoms. The van der Waals surface area contributed by atoms with Crippen molar-refractivity contribution < 1.29 is 14.3 Å². The molecule has 0 atom stereocenters. The normalized spacial score (nSPS) is 10.7. The number of nitrogens with one attached hydrogen (secondary N) is 1. The third-order valence-electron chi connectivity index (χ3n) is 3.65. The summed E-state index contributed by atoms with van der Waals surface area (Å²) in [6.45, 7) is 2.43. The molecule has 0 bridgehead atoms. The van der Waals surface area contributed by atoms with Crippen LogP contribution in [-0.2, 0) is 11.2 Å². The van der Waals surface area contributed by atoms with E-state index in [9.17, 15) is 4.79 Å². The maximum Gasteiger partial charge on any atom is 0.311 e. The van der Waals surface area contributed by atoms with Gasteiger partial charge in [0.05, 0.1) is 13.0 Å². The Morgan fingerprint density at radius 2 is 1.78 bits per heavy atom. The van der Waals surface area contributed by atoms with Crippen molar-refractivity contribution in [3.8, 4) is 11.5 Å². The lowest BCUT2D eigenvalue weighted by Crippen LogP contribution is -2.10. The average molecular weight is 309 g/mol. The lowest BCUT2D eigenvalue weighted by molar-refractivity contribution is -0.134. The minimum atomic E-state index is -0.262. The molecule has 3 rings (SSSR count). The van der Waals surface area contributed by atoms with E-state index in [-0.39, 0.29) is 5.97 Å². The molecule has 0 aliphatic rings. The molecular weight excluding hydrogens is 290 g/mol. The van der Waals surface area contributed by atoms with Crippen LogP contribution in [0.2, 0.25) is 0 Å². The lowest BCUT2D eigenvalue weighted by Gasteiger charge is -2.10. The van der Waals surface area contributed by atoms with E-state index in [4.69, 9.17) is 9.47 Å². The number of aryl methyl sites for hydroxylation is 1. The fraction of sp³-hybridized carbons (Fsp3) is 0.211. The third kappa shape index (κ3) is 3.54. The highest BCUT2D eigenvalue weighted by Gasteiger charge is 2.11. The van der Waals surface area contributed by atoms with Crippen molar-refractivity contribution in [3.05, 3.63) is 60.3 Å². The van der Waals surface area contributed by atoms with E-state index >= 15 is 0 Å². The van der Waals surface area contributed by atoms with Crippen LogP contribution in [0, 0.1) is 0 Å². The van der Waals surface area contributed by atoms with Crippen LogP contribution in [0.25, 0.3) is 10.9 Å². The standard InChI is InChI=1S/C19H19NO3/c1-2-22-17-9-5-6-10-18(17)23-19(21)12-11-14-13-20-16-8-4-3-7-15(14)16/h3-10,13,20H,2,11-12H2,1H3. The molecule has 1 N–H and O–H groups in total. The smallest absolute Gasteiger partial charge is 0.311 e. The second-order valence-corrected chi connectivity index (χ2v) is 5.21. The summed E-state index contributed by atoms with van der Waals surface area (Å²) in [6, 6.07) is 15.3. The van der Waals surface area contributed by atoms with Crippen molar-refractivity contribution in [2.75, 3.05) is 6.61 Å².